The SMILES string of the molecule is O=C(Cc1cc(Cl)c2c(c1)OCCO2)N1C[C@H]2CNC[C@H]2C1. The number of hydrogen-bond donors (Lipinski definition) is 1. The van der Waals surface area contributed by atoms with Crippen molar-refractivity contribution in [3.63, 3.8) is 0 Å². The van der Waals surface area contributed by atoms with Gasteiger partial charge in [-0.1, -0.05) is 11.6 Å². The number of likely N-dealkylation sites (tertiary alicyclic amines) is 1. The standard InChI is InChI=1S/C16H19ClN2O3/c17-13-3-10(4-14-16(13)22-2-1-21-14)5-15(20)19-8-11-6-18-7-12(11)9-19/h3-4,11-12,18H,1-2,5-9H2/t11-,12+. The summed E-state index contributed by atoms with van der Waals surface area (Å²) in [6, 6.07) is 3.68. The van der Waals surface area contributed by atoms with E-state index in [-0.39, 0.29) is 5.91 Å². The first-order valence-electron chi connectivity index (χ1n) is 7.77. The highest BCUT2D eigenvalue weighted by atomic mass is 35.5. The molecule has 0 spiro atoms. The van der Waals surface area contributed by atoms with Gasteiger partial charge in [-0.25, -0.2) is 0 Å². The van der Waals surface area contributed by atoms with Crippen LogP contribution in [0.15, 0.2) is 12.1 Å². The van der Waals surface area contributed by atoms with Crippen LogP contribution in [0.4, 0.5) is 0 Å². The Hall–Kier alpha value is -1.46. The molecule has 0 aromatic heterocycles. The molecule has 2 atom stereocenters. The second kappa shape index (κ2) is 5.63. The quantitative estimate of drug-likeness (QED) is 0.892. The lowest BCUT2D eigenvalue weighted by Gasteiger charge is -2.21. The summed E-state index contributed by atoms with van der Waals surface area (Å²) in [6.45, 7) is 4.83. The summed E-state index contributed by atoms with van der Waals surface area (Å²) in [5.41, 5.74) is 0.884. The van der Waals surface area contributed by atoms with E-state index in [0.717, 1.165) is 31.7 Å². The molecule has 3 heterocycles. The van der Waals surface area contributed by atoms with Gasteiger partial charge in [0.15, 0.2) is 11.5 Å². The molecule has 4 rings (SSSR count). The monoisotopic (exact) mass is 322 g/mol. The Morgan fingerprint density at radius 2 is 1.95 bits per heavy atom. The topological polar surface area (TPSA) is 50.8 Å². The number of carbonyl (C=O) groups excluding carboxylic acids is 1. The van der Waals surface area contributed by atoms with Crippen LogP contribution in [0.1, 0.15) is 5.56 Å². The van der Waals surface area contributed by atoms with Gasteiger partial charge in [0, 0.05) is 26.2 Å². The first-order chi connectivity index (χ1) is 10.7. The number of halogens is 1. The zero-order valence-electron chi connectivity index (χ0n) is 12.3. The van der Waals surface area contributed by atoms with Gasteiger partial charge in [-0.2, -0.15) is 0 Å². The largest absolute Gasteiger partial charge is 0.486 e. The molecule has 5 nitrogen and oxygen atoms in total. The summed E-state index contributed by atoms with van der Waals surface area (Å²) in [6.07, 6.45) is 0.364. The van der Waals surface area contributed by atoms with Crippen LogP contribution in [0.3, 0.4) is 0 Å². The van der Waals surface area contributed by atoms with Crippen molar-refractivity contribution < 1.29 is 14.3 Å². The molecule has 2 saturated heterocycles. The minimum atomic E-state index is 0.169. The molecule has 0 aliphatic carbocycles. The number of amides is 1. The molecular formula is C16H19ClN2O3. The highest BCUT2D eigenvalue weighted by Gasteiger charge is 2.37. The Balaban J connectivity index is 1.47. The van der Waals surface area contributed by atoms with Gasteiger partial charge in [0.2, 0.25) is 5.91 Å². The number of carbonyl (C=O) groups is 1. The number of hydrogen-bond acceptors (Lipinski definition) is 4. The molecule has 22 heavy (non-hydrogen) atoms. The molecule has 1 N–H and O–H groups in total. The van der Waals surface area contributed by atoms with Crippen LogP contribution in [0.25, 0.3) is 0 Å². The van der Waals surface area contributed by atoms with Gasteiger partial charge in [-0.15, -0.1) is 0 Å². The third-order valence-electron chi connectivity index (χ3n) is 4.75. The van der Waals surface area contributed by atoms with Gasteiger partial charge in [0.05, 0.1) is 11.4 Å². The molecule has 118 valence electrons. The van der Waals surface area contributed by atoms with Crippen LogP contribution in [-0.2, 0) is 11.2 Å². The van der Waals surface area contributed by atoms with Crippen molar-refractivity contribution in [2.24, 2.45) is 11.8 Å². The van der Waals surface area contributed by atoms with Crippen molar-refractivity contribution in [2.45, 2.75) is 6.42 Å². The first-order valence-corrected chi connectivity index (χ1v) is 8.15. The molecule has 1 amide bonds. The zero-order chi connectivity index (χ0) is 15.1. The van der Waals surface area contributed by atoms with Gasteiger partial charge in [-0.05, 0) is 29.5 Å². The Bertz CT molecular complexity index is 595. The van der Waals surface area contributed by atoms with Crippen molar-refractivity contribution in [2.75, 3.05) is 39.4 Å². The second-order valence-corrected chi connectivity index (χ2v) is 6.66. The molecule has 6 heteroatoms. The van der Waals surface area contributed by atoms with Crippen molar-refractivity contribution in [3.8, 4) is 11.5 Å². The van der Waals surface area contributed by atoms with Crippen molar-refractivity contribution >= 4 is 17.5 Å². The Labute approximate surface area is 134 Å². The van der Waals surface area contributed by atoms with E-state index in [1.807, 2.05) is 17.0 Å². The highest BCUT2D eigenvalue weighted by molar-refractivity contribution is 6.32. The molecule has 3 aliphatic rings. The fourth-order valence-electron chi connectivity index (χ4n) is 3.61. The molecule has 0 bridgehead atoms. The van der Waals surface area contributed by atoms with Gasteiger partial charge < -0.3 is 19.7 Å². The minimum absolute atomic E-state index is 0.169. The second-order valence-electron chi connectivity index (χ2n) is 6.26. The Morgan fingerprint density at radius 3 is 2.73 bits per heavy atom. The number of rotatable bonds is 2. The summed E-state index contributed by atoms with van der Waals surface area (Å²) in [7, 11) is 0. The van der Waals surface area contributed by atoms with Crippen molar-refractivity contribution in [1.82, 2.24) is 10.2 Å². The first kappa shape index (κ1) is 14.2. The number of nitrogens with one attached hydrogen (secondary N) is 1. The smallest absolute Gasteiger partial charge is 0.227 e. The zero-order valence-corrected chi connectivity index (χ0v) is 13.1. The number of benzene rings is 1. The lowest BCUT2D eigenvalue weighted by atomic mass is 10.0. The average Bonchev–Trinajstić information content (AvgIpc) is 3.08. The maximum atomic E-state index is 12.5. The van der Waals surface area contributed by atoms with E-state index >= 15 is 0 Å². The molecular weight excluding hydrogens is 304 g/mol. The summed E-state index contributed by atoms with van der Waals surface area (Å²) in [5.74, 6) is 2.64. The summed E-state index contributed by atoms with van der Waals surface area (Å²) in [4.78, 5) is 14.5. The van der Waals surface area contributed by atoms with Gasteiger partial charge in [0.25, 0.3) is 0 Å². The van der Waals surface area contributed by atoms with Crippen molar-refractivity contribution in [1.29, 1.82) is 0 Å². The van der Waals surface area contributed by atoms with Crippen LogP contribution < -0.4 is 14.8 Å². The Kier molecular flexibility index (Phi) is 3.62. The predicted octanol–water partition coefficient (Wildman–Crippen LogP) is 1.33. The fourth-order valence-corrected chi connectivity index (χ4v) is 3.90. The summed E-state index contributed by atoms with van der Waals surface area (Å²) >= 11 is 6.23. The van der Waals surface area contributed by atoms with Crippen LogP contribution in [0, 0.1) is 11.8 Å². The normalized spacial score (nSPS) is 26.1. The molecule has 0 unspecified atom stereocenters. The molecule has 1 aromatic carbocycles. The van der Waals surface area contributed by atoms with Crippen LogP contribution in [0.5, 0.6) is 11.5 Å². The van der Waals surface area contributed by atoms with Crippen LogP contribution >= 0.6 is 11.6 Å². The molecule has 0 radical (unpaired) electrons. The third-order valence-corrected chi connectivity index (χ3v) is 5.03. The van der Waals surface area contributed by atoms with Gasteiger partial charge >= 0.3 is 0 Å². The van der Waals surface area contributed by atoms with E-state index in [1.54, 1.807) is 0 Å². The number of nitrogens with zero attached hydrogens (tertiary/aromatic N) is 1. The number of ether oxygens (including phenoxy) is 2. The van der Waals surface area contributed by atoms with Crippen LogP contribution in [0.2, 0.25) is 5.02 Å². The van der Waals surface area contributed by atoms with Crippen molar-refractivity contribution in [3.05, 3.63) is 22.7 Å². The Morgan fingerprint density at radius 1 is 1.23 bits per heavy atom. The third kappa shape index (κ3) is 2.52. The summed E-state index contributed by atoms with van der Waals surface area (Å²) in [5, 5.41) is 3.91. The predicted molar refractivity (Wildman–Crippen MR) is 82.6 cm³/mol. The molecule has 2 fully saturated rings. The fraction of sp³-hybridized carbons (Fsp3) is 0.562. The average molecular weight is 323 g/mol. The van der Waals surface area contributed by atoms with E-state index in [9.17, 15) is 4.79 Å². The van der Waals surface area contributed by atoms with E-state index in [0.29, 0.717) is 48.0 Å². The molecule has 3 aliphatic heterocycles. The minimum Gasteiger partial charge on any atom is -0.486 e. The van der Waals surface area contributed by atoms with Gasteiger partial charge in [0.1, 0.15) is 13.2 Å². The summed E-state index contributed by atoms with van der Waals surface area (Å²) < 4.78 is 11.1. The number of fused-ring (bicyclic) bond motifs is 2. The molecule has 0 saturated carbocycles. The maximum Gasteiger partial charge on any atom is 0.227 e. The van der Waals surface area contributed by atoms with Gasteiger partial charge in [-0.3, -0.25) is 4.79 Å². The van der Waals surface area contributed by atoms with E-state index in [1.165, 1.54) is 0 Å². The molecule has 1 aromatic rings. The van der Waals surface area contributed by atoms with E-state index < -0.39 is 0 Å². The maximum absolute atomic E-state index is 12.5. The van der Waals surface area contributed by atoms with Crippen LogP contribution in [-0.4, -0.2) is 50.2 Å². The lowest BCUT2D eigenvalue weighted by molar-refractivity contribution is -0.129. The highest BCUT2D eigenvalue weighted by Crippen LogP contribution is 2.38. The van der Waals surface area contributed by atoms with E-state index in [4.69, 9.17) is 21.1 Å². The lowest BCUT2D eigenvalue weighted by Crippen LogP contribution is -2.33. The van der Waals surface area contributed by atoms with E-state index in [2.05, 4.69) is 5.32 Å².